The van der Waals surface area contributed by atoms with Crippen molar-refractivity contribution in [2.45, 2.75) is 25.8 Å². The van der Waals surface area contributed by atoms with Crippen molar-refractivity contribution in [3.8, 4) is 11.5 Å². The standard InChI is InChI=1S/C19H19Cl3N6O3/c1-9-14(20)15(21)16(23-9)17(29)24-12-5-4-10(18-26-27-19(30)31-18)7-13(12)28-6-2-3-11(8-28)25-22/h4-5,7,11,23,25H,2-3,6,8H2,1H3,(H,24,29)(H,27,30)/t11-/m0/s1. The first kappa shape index (κ1) is 21.8. The first-order valence-corrected chi connectivity index (χ1v) is 10.7. The van der Waals surface area contributed by atoms with Crippen molar-refractivity contribution >= 4 is 52.3 Å². The number of aromatic amines is 2. The van der Waals surface area contributed by atoms with Crippen molar-refractivity contribution < 1.29 is 9.21 Å². The smallest absolute Gasteiger partial charge is 0.388 e. The van der Waals surface area contributed by atoms with Crippen LogP contribution in [0.15, 0.2) is 27.4 Å². The van der Waals surface area contributed by atoms with E-state index in [4.69, 9.17) is 39.4 Å². The molecule has 0 bridgehead atoms. The lowest BCUT2D eigenvalue weighted by atomic mass is 10.0. The van der Waals surface area contributed by atoms with Gasteiger partial charge in [0.15, 0.2) is 0 Å². The predicted molar refractivity (Wildman–Crippen MR) is 120 cm³/mol. The number of carbonyl (C=O) groups is 1. The van der Waals surface area contributed by atoms with Crippen LogP contribution in [0.25, 0.3) is 11.5 Å². The molecule has 0 saturated carbocycles. The van der Waals surface area contributed by atoms with Gasteiger partial charge in [-0.2, -0.15) is 0 Å². The van der Waals surface area contributed by atoms with Crippen LogP contribution in [0, 0.1) is 6.92 Å². The second-order valence-electron chi connectivity index (χ2n) is 7.25. The van der Waals surface area contributed by atoms with E-state index in [0.29, 0.717) is 28.5 Å². The number of benzene rings is 1. The van der Waals surface area contributed by atoms with Crippen molar-refractivity contribution in [2.24, 2.45) is 0 Å². The average Bonchev–Trinajstić information content (AvgIpc) is 3.32. The number of anilines is 2. The molecule has 0 radical (unpaired) electrons. The molecule has 4 N–H and O–H groups in total. The Morgan fingerprint density at radius 1 is 1.32 bits per heavy atom. The Morgan fingerprint density at radius 3 is 2.77 bits per heavy atom. The summed E-state index contributed by atoms with van der Waals surface area (Å²) in [6, 6.07) is 5.32. The molecule has 31 heavy (non-hydrogen) atoms. The highest BCUT2D eigenvalue weighted by Gasteiger charge is 2.24. The molecule has 0 unspecified atom stereocenters. The molecular formula is C19H19Cl3N6O3. The molecule has 1 fully saturated rings. The molecule has 3 heterocycles. The molecule has 0 spiro atoms. The molecule has 0 aliphatic carbocycles. The molecule has 1 aliphatic heterocycles. The number of aryl methyl sites for hydroxylation is 1. The number of hydrogen-bond acceptors (Lipinski definition) is 6. The molecule has 3 aromatic rings. The van der Waals surface area contributed by atoms with E-state index < -0.39 is 11.7 Å². The van der Waals surface area contributed by atoms with Gasteiger partial charge < -0.3 is 19.6 Å². The van der Waals surface area contributed by atoms with E-state index in [1.165, 1.54) is 0 Å². The second kappa shape index (κ2) is 8.96. The van der Waals surface area contributed by atoms with Gasteiger partial charge in [-0.05, 0) is 49.7 Å². The number of piperidine rings is 1. The van der Waals surface area contributed by atoms with Gasteiger partial charge in [-0.3, -0.25) is 4.79 Å². The molecule has 1 amide bonds. The Labute approximate surface area is 192 Å². The summed E-state index contributed by atoms with van der Waals surface area (Å²) in [5, 5.41) is 9.50. The normalized spacial score (nSPS) is 16.5. The molecule has 1 saturated heterocycles. The molecule has 12 heteroatoms. The van der Waals surface area contributed by atoms with Gasteiger partial charge in [0, 0.05) is 30.4 Å². The lowest BCUT2D eigenvalue weighted by Gasteiger charge is -2.35. The van der Waals surface area contributed by atoms with Crippen LogP contribution in [-0.4, -0.2) is 40.2 Å². The second-order valence-corrected chi connectivity index (χ2v) is 8.23. The topological polar surface area (TPSA) is 119 Å². The van der Waals surface area contributed by atoms with Crippen LogP contribution in [-0.2, 0) is 0 Å². The van der Waals surface area contributed by atoms with Crippen LogP contribution in [0.5, 0.6) is 0 Å². The Hall–Kier alpha value is -2.46. The van der Waals surface area contributed by atoms with Crippen LogP contribution in [0.4, 0.5) is 11.4 Å². The quantitative estimate of drug-likeness (QED) is 0.407. The van der Waals surface area contributed by atoms with E-state index in [9.17, 15) is 9.59 Å². The summed E-state index contributed by atoms with van der Waals surface area (Å²) >= 11 is 18.2. The zero-order chi connectivity index (χ0) is 22.1. The Bertz CT molecular complexity index is 1170. The van der Waals surface area contributed by atoms with Gasteiger partial charge >= 0.3 is 5.76 Å². The minimum atomic E-state index is -0.646. The fourth-order valence-electron chi connectivity index (χ4n) is 3.58. The maximum absolute atomic E-state index is 12.9. The number of nitrogens with one attached hydrogen (secondary N) is 4. The van der Waals surface area contributed by atoms with Crippen molar-refractivity contribution in [1.82, 2.24) is 20.0 Å². The minimum absolute atomic E-state index is 0.0882. The van der Waals surface area contributed by atoms with Crippen LogP contribution in [0.1, 0.15) is 29.0 Å². The summed E-state index contributed by atoms with van der Waals surface area (Å²) in [5.41, 5.74) is 2.66. The highest BCUT2D eigenvalue weighted by Crippen LogP contribution is 2.34. The zero-order valence-electron chi connectivity index (χ0n) is 16.4. The largest absolute Gasteiger partial charge is 0.434 e. The van der Waals surface area contributed by atoms with Gasteiger partial charge in [0.25, 0.3) is 5.91 Å². The molecule has 1 aromatic carbocycles. The van der Waals surface area contributed by atoms with E-state index in [-0.39, 0.29) is 22.6 Å². The highest BCUT2D eigenvalue weighted by molar-refractivity contribution is 6.44. The average molecular weight is 486 g/mol. The first-order chi connectivity index (χ1) is 14.9. The number of carbonyl (C=O) groups excluding carboxylic acids is 1. The third-order valence-corrected chi connectivity index (χ3v) is 6.38. The minimum Gasteiger partial charge on any atom is -0.388 e. The SMILES string of the molecule is Cc1[nH]c(C(=O)Nc2ccc(-c3n[nH]c(=O)o3)cc2N2CCC[C@H](NCl)C2)c(Cl)c1Cl. The van der Waals surface area contributed by atoms with Crippen molar-refractivity contribution in [3.05, 3.63) is 50.2 Å². The fourth-order valence-corrected chi connectivity index (χ4v) is 4.18. The Balaban J connectivity index is 1.71. The highest BCUT2D eigenvalue weighted by atomic mass is 35.5. The van der Waals surface area contributed by atoms with Gasteiger partial charge in [0.2, 0.25) is 5.89 Å². The fraction of sp³-hybridized carbons (Fsp3) is 0.316. The van der Waals surface area contributed by atoms with Crippen LogP contribution >= 0.6 is 35.0 Å². The summed E-state index contributed by atoms with van der Waals surface area (Å²) in [6.45, 7) is 3.13. The lowest BCUT2D eigenvalue weighted by molar-refractivity contribution is 0.102. The number of halogens is 3. The van der Waals surface area contributed by atoms with E-state index in [1.807, 2.05) is 0 Å². The van der Waals surface area contributed by atoms with Gasteiger partial charge in [-0.25, -0.2) is 14.7 Å². The maximum atomic E-state index is 12.9. The van der Waals surface area contributed by atoms with Gasteiger partial charge in [0.05, 0.1) is 21.4 Å². The predicted octanol–water partition coefficient (Wildman–Crippen LogP) is 3.94. The number of aromatic nitrogens is 3. The van der Waals surface area contributed by atoms with Crippen LogP contribution in [0.2, 0.25) is 10.0 Å². The van der Waals surface area contributed by atoms with E-state index in [0.717, 1.165) is 25.1 Å². The van der Waals surface area contributed by atoms with E-state index >= 15 is 0 Å². The van der Waals surface area contributed by atoms with Crippen molar-refractivity contribution in [2.75, 3.05) is 23.3 Å². The molecule has 1 atom stereocenters. The number of H-pyrrole nitrogens is 2. The summed E-state index contributed by atoms with van der Waals surface area (Å²) in [5.74, 6) is -0.917. The monoisotopic (exact) mass is 484 g/mol. The molecule has 1 aliphatic rings. The number of rotatable bonds is 5. The zero-order valence-corrected chi connectivity index (χ0v) is 18.7. The molecule has 4 rings (SSSR count). The molecule has 164 valence electrons. The lowest BCUT2D eigenvalue weighted by Crippen LogP contribution is -2.43. The van der Waals surface area contributed by atoms with Crippen molar-refractivity contribution in [3.63, 3.8) is 0 Å². The third kappa shape index (κ3) is 4.45. The summed E-state index contributed by atoms with van der Waals surface area (Å²) in [7, 11) is 0. The van der Waals surface area contributed by atoms with Gasteiger partial charge in [-0.1, -0.05) is 23.2 Å². The number of nitrogens with zero attached hydrogens (tertiary/aromatic N) is 2. The Morgan fingerprint density at radius 2 is 2.13 bits per heavy atom. The summed E-state index contributed by atoms with van der Waals surface area (Å²) in [6.07, 6.45) is 1.85. The third-order valence-electron chi connectivity index (χ3n) is 5.13. The molecule has 9 nitrogen and oxygen atoms in total. The maximum Gasteiger partial charge on any atom is 0.434 e. The number of amides is 1. The first-order valence-electron chi connectivity index (χ1n) is 9.53. The summed E-state index contributed by atoms with van der Waals surface area (Å²) in [4.78, 5) is 32.1. The molecular weight excluding hydrogens is 467 g/mol. The van der Waals surface area contributed by atoms with Gasteiger partial charge in [0.1, 0.15) is 5.69 Å². The van der Waals surface area contributed by atoms with E-state index in [2.05, 4.69) is 30.2 Å². The number of hydrogen-bond donors (Lipinski definition) is 4. The molecule has 2 aromatic heterocycles. The van der Waals surface area contributed by atoms with E-state index in [1.54, 1.807) is 25.1 Å². The summed E-state index contributed by atoms with van der Waals surface area (Å²) < 4.78 is 5.08. The van der Waals surface area contributed by atoms with Crippen LogP contribution < -0.4 is 20.8 Å². The van der Waals surface area contributed by atoms with Crippen LogP contribution in [0.3, 0.4) is 0 Å². The van der Waals surface area contributed by atoms with Crippen molar-refractivity contribution in [1.29, 1.82) is 0 Å². The Kier molecular flexibility index (Phi) is 6.29. The van der Waals surface area contributed by atoms with Gasteiger partial charge in [-0.15, -0.1) is 5.10 Å².